The summed E-state index contributed by atoms with van der Waals surface area (Å²) in [5, 5.41) is 193. The standard InChI is InChI=1S/C56H81NO31/c58-13-24-43-31(57-30(64)6-3-19-1-4-23(5-2-19)49(76)56-10-20-7-21(11-56)9-22(8-20)12-56)32(65)50(77-24)84-44-25(14-59)79-52(39(72)34(44)67)86-46-27(16-61)81-54(41(74)36(46)69)88-48-29(18-63)82-55(42(75)37(48)70)87-47-28(17-62)80-53(40(73)35(47)68)85-45-26(15-60)78-51(83-43)38(71)33(45)66/h1-6,20-22,24-29,31-48,50-55,58-63,65-75H,7-18H2,(H,57,64)/b6-3+/t20?,21?,22?,24-,25-,26-,27-,28-,29-,31-,32-,33-,34-,35-,36-,37-,38-,39-,40-,41-,42-,43-,44-,45-,46-,47-,48-,50-,51-,52-,53-,54-,55-,56?/m1/s1. The van der Waals surface area contributed by atoms with Gasteiger partial charge in [0.25, 0.3) is 0 Å². The predicted molar refractivity (Wildman–Crippen MR) is 282 cm³/mol. The topological polar surface area (TPSA) is 501 Å². The molecule has 496 valence electrons. The molecular formula is C56H81NO31. The lowest BCUT2D eigenvalue weighted by atomic mass is 9.48. The molecule has 32 heteroatoms. The zero-order valence-corrected chi connectivity index (χ0v) is 47.3. The van der Waals surface area contributed by atoms with Crippen LogP contribution in [0.4, 0.5) is 0 Å². The number of ketones is 1. The number of carbonyl (C=O) groups excluding carboxylic acids is 2. The quantitative estimate of drug-likeness (QED) is 0.0723. The molecule has 1 aromatic carbocycles. The molecular weight excluding hydrogens is 1180 g/mol. The Morgan fingerprint density at radius 2 is 0.659 bits per heavy atom. The van der Waals surface area contributed by atoms with Crippen molar-refractivity contribution in [3.8, 4) is 0 Å². The van der Waals surface area contributed by atoms with Crippen LogP contribution in [0.1, 0.15) is 54.4 Å². The maximum Gasteiger partial charge on any atom is 0.244 e. The molecule has 0 aromatic heterocycles. The van der Waals surface area contributed by atoms with Crippen LogP contribution in [0.15, 0.2) is 30.3 Å². The second-order valence-corrected chi connectivity index (χ2v) is 24.9. The lowest BCUT2D eigenvalue weighted by Crippen LogP contribution is -2.70. The van der Waals surface area contributed by atoms with Gasteiger partial charge in [0.2, 0.25) is 5.91 Å². The number of hydrogen-bond donors (Lipinski definition) is 18. The van der Waals surface area contributed by atoms with E-state index < -0.39 is 235 Å². The van der Waals surface area contributed by atoms with Gasteiger partial charge in [-0.3, -0.25) is 9.59 Å². The molecule has 0 unspecified atom stereocenters. The molecule has 18 N–H and O–H groups in total. The van der Waals surface area contributed by atoms with Crippen molar-refractivity contribution >= 4 is 17.8 Å². The van der Waals surface area contributed by atoms with Crippen LogP contribution in [0.25, 0.3) is 6.08 Å². The van der Waals surface area contributed by atoms with Gasteiger partial charge in [0.15, 0.2) is 43.5 Å². The zero-order chi connectivity index (χ0) is 62.8. The molecule has 26 fully saturated rings. The lowest BCUT2D eigenvalue weighted by Gasteiger charge is -2.56. The first-order valence-corrected chi connectivity index (χ1v) is 29.8. The maximum atomic E-state index is 14.1. The first-order valence-electron chi connectivity index (χ1n) is 29.8. The molecule has 22 heterocycles. The molecule has 16 bridgehead atoms. The van der Waals surface area contributed by atoms with Gasteiger partial charge in [0, 0.05) is 17.1 Å². The van der Waals surface area contributed by atoms with Crippen LogP contribution in [-0.2, 0) is 61.6 Å². The summed E-state index contributed by atoms with van der Waals surface area (Å²) in [6.07, 6.45) is -49.1. The molecule has 27 rings (SSSR count). The third-order valence-electron chi connectivity index (χ3n) is 19.1. The average Bonchev–Trinajstić information content (AvgIpc) is 1.77. The fourth-order valence-electron chi connectivity index (χ4n) is 14.9. The van der Waals surface area contributed by atoms with E-state index in [-0.39, 0.29) is 5.78 Å². The van der Waals surface area contributed by atoms with Crippen LogP contribution < -0.4 is 5.32 Å². The van der Waals surface area contributed by atoms with Crippen LogP contribution in [0, 0.1) is 23.2 Å². The Labute approximate surface area is 502 Å². The molecule has 4 saturated carbocycles. The normalized spacial score (nSPS) is 50.7. The summed E-state index contributed by atoms with van der Waals surface area (Å²) in [6.45, 7) is -6.19. The predicted octanol–water partition coefficient (Wildman–Crippen LogP) is -8.82. The van der Waals surface area contributed by atoms with Gasteiger partial charge in [-0.1, -0.05) is 24.3 Å². The van der Waals surface area contributed by atoms with Crippen molar-refractivity contribution in [3.05, 3.63) is 41.5 Å². The summed E-state index contributed by atoms with van der Waals surface area (Å²) in [7, 11) is 0. The molecule has 26 aliphatic rings. The molecule has 22 saturated heterocycles. The number of aliphatic hydroxyl groups excluding tert-OH is 17. The Kier molecular flexibility index (Phi) is 20.7. The number of carbonyl (C=O) groups is 2. The van der Waals surface area contributed by atoms with Gasteiger partial charge in [-0.2, -0.15) is 0 Å². The molecule has 88 heavy (non-hydrogen) atoms. The largest absolute Gasteiger partial charge is 0.394 e. The van der Waals surface area contributed by atoms with Gasteiger partial charge < -0.3 is 149 Å². The number of nitrogens with one attached hydrogen (secondary N) is 1. The Bertz CT molecular complexity index is 2490. The summed E-state index contributed by atoms with van der Waals surface area (Å²) >= 11 is 0. The van der Waals surface area contributed by atoms with Crippen LogP contribution in [0.5, 0.6) is 0 Å². The first kappa shape index (κ1) is 66.4. The Hall–Kier alpha value is -3.06. The molecule has 1 aromatic rings. The number of rotatable bonds is 11. The third kappa shape index (κ3) is 12.8. The minimum atomic E-state index is -2.22. The number of hydrogen-bond acceptors (Lipinski definition) is 31. The highest BCUT2D eigenvalue weighted by molar-refractivity contribution is 6.01. The minimum Gasteiger partial charge on any atom is -0.394 e. The number of Topliss-reactive ketones (excluding diaryl/α,β-unsaturated/α-hetero) is 1. The van der Waals surface area contributed by atoms with Gasteiger partial charge >= 0.3 is 0 Å². The van der Waals surface area contributed by atoms with Crippen molar-refractivity contribution in [2.24, 2.45) is 23.2 Å². The molecule has 22 aliphatic heterocycles. The summed E-state index contributed by atoms with van der Waals surface area (Å²) in [6, 6.07) is 4.91. The maximum absolute atomic E-state index is 14.1. The number of amides is 1. The monoisotopic (exact) mass is 1260 g/mol. The summed E-state index contributed by atoms with van der Waals surface area (Å²) in [4.78, 5) is 28.1. The van der Waals surface area contributed by atoms with Crippen LogP contribution in [0.3, 0.4) is 0 Å². The fourth-order valence-corrected chi connectivity index (χ4v) is 14.9. The van der Waals surface area contributed by atoms with Crippen molar-refractivity contribution in [1.82, 2.24) is 5.32 Å². The van der Waals surface area contributed by atoms with Crippen molar-refractivity contribution in [3.63, 3.8) is 0 Å². The van der Waals surface area contributed by atoms with Gasteiger partial charge in [0.05, 0.1) is 45.7 Å². The van der Waals surface area contributed by atoms with E-state index in [1.807, 2.05) is 0 Å². The second kappa shape index (κ2) is 27.5. The third-order valence-corrected chi connectivity index (χ3v) is 19.1. The fraction of sp³-hybridized carbons (Fsp3) is 0.821. The van der Waals surface area contributed by atoms with Crippen molar-refractivity contribution in [2.45, 2.75) is 223 Å². The van der Waals surface area contributed by atoms with E-state index in [1.54, 1.807) is 24.3 Å². The zero-order valence-electron chi connectivity index (χ0n) is 47.3. The number of aliphatic hydroxyl groups is 17. The molecule has 0 radical (unpaired) electrons. The van der Waals surface area contributed by atoms with E-state index in [9.17, 15) is 96.4 Å². The average molecular weight is 1260 g/mol. The summed E-state index contributed by atoms with van der Waals surface area (Å²) in [5.74, 6) is 0.803. The number of benzene rings is 1. The molecule has 4 aliphatic carbocycles. The van der Waals surface area contributed by atoms with Crippen molar-refractivity contribution < 1.29 is 153 Å². The molecule has 1 amide bonds. The highest BCUT2D eigenvalue weighted by atomic mass is 16.8. The molecule has 30 atom stereocenters. The Balaban J connectivity index is 0.876. The molecule has 0 spiro atoms. The van der Waals surface area contributed by atoms with Gasteiger partial charge in [-0.05, 0) is 67.9 Å². The van der Waals surface area contributed by atoms with Gasteiger partial charge in [-0.25, -0.2) is 0 Å². The summed E-state index contributed by atoms with van der Waals surface area (Å²) in [5.41, 5.74) is 0.637. The minimum absolute atomic E-state index is 0.101. The van der Waals surface area contributed by atoms with Gasteiger partial charge in [-0.15, -0.1) is 0 Å². The van der Waals surface area contributed by atoms with Crippen molar-refractivity contribution in [1.29, 1.82) is 0 Å². The second-order valence-electron chi connectivity index (χ2n) is 24.9. The SMILES string of the molecule is O=C(/C=C/c1ccc(C(=O)C23CC4CC(CC(C4)C2)C3)cc1)N[C@@H]1[C@@H](O)[C@H]2O[C@H]3[C@H](O)[C@@H](O)[C@@H](O[C@H]4[C@H](O)[C@@H](O)[C@@H](O[C@H]5[C@H](O)[C@@H](O)[C@@H](O[C@H]6[C@H](O)[C@@H](O)[C@@H](O[C@H]7[C@H](O)[C@@H](O)[C@@H](O[C@@H]1[C@@H](CO)O2)O[C@@H]7CO)O[C@@H]6CO)O[C@@H]5CO)O[C@@H]4CO)O[C@@H]3CO. The highest BCUT2D eigenvalue weighted by Crippen LogP contribution is 2.61. The smallest absolute Gasteiger partial charge is 0.244 e. The van der Waals surface area contributed by atoms with Crippen LogP contribution in [0.2, 0.25) is 0 Å². The van der Waals surface area contributed by atoms with E-state index in [4.69, 9.17) is 56.8 Å². The Morgan fingerprint density at radius 1 is 0.386 bits per heavy atom. The van der Waals surface area contributed by atoms with E-state index in [0.29, 0.717) is 28.9 Å². The summed E-state index contributed by atoms with van der Waals surface area (Å²) < 4.78 is 70.2. The van der Waals surface area contributed by atoms with E-state index in [2.05, 4.69) is 5.32 Å². The Morgan fingerprint density at radius 3 is 0.955 bits per heavy atom. The lowest BCUT2D eigenvalue weighted by molar-refractivity contribution is -0.401. The first-order chi connectivity index (χ1) is 42.1. The van der Waals surface area contributed by atoms with Gasteiger partial charge in [0.1, 0.15) is 140 Å². The number of ether oxygens (including phenoxy) is 12. The van der Waals surface area contributed by atoms with Crippen LogP contribution >= 0.6 is 0 Å². The van der Waals surface area contributed by atoms with E-state index >= 15 is 0 Å². The highest BCUT2D eigenvalue weighted by Gasteiger charge is 2.60. The van der Waals surface area contributed by atoms with Crippen LogP contribution in [-0.4, -0.2) is 322 Å². The van der Waals surface area contributed by atoms with E-state index in [0.717, 1.165) is 44.6 Å². The van der Waals surface area contributed by atoms with Crippen molar-refractivity contribution in [2.75, 3.05) is 39.6 Å². The van der Waals surface area contributed by atoms with E-state index in [1.165, 1.54) is 6.08 Å². The molecule has 32 nitrogen and oxygen atoms in total.